The number of nitrogens with zero attached hydrogens (tertiary/aromatic N) is 2. The van der Waals surface area contributed by atoms with Crippen molar-refractivity contribution in [2.75, 3.05) is 5.32 Å². The number of aromatic carboxylic acids is 2. The van der Waals surface area contributed by atoms with E-state index in [9.17, 15) is 14.4 Å². The normalized spacial score (nSPS) is 11.2. The molecule has 0 saturated heterocycles. The van der Waals surface area contributed by atoms with Gasteiger partial charge in [0.05, 0.1) is 22.5 Å². The molecule has 0 aromatic heterocycles. The number of azo groups is 1. The molecular formula is C19H19N3O6. The lowest BCUT2D eigenvalue weighted by Gasteiger charge is -2.19. The molecule has 0 atom stereocenters. The Bertz CT molecular complexity index is 915. The molecule has 2 aromatic rings. The van der Waals surface area contributed by atoms with Gasteiger partial charge in [0.25, 0.3) is 0 Å². The van der Waals surface area contributed by atoms with Crippen LogP contribution in [0.1, 0.15) is 41.5 Å². The van der Waals surface area contributed by atoms with Crippen molar-refractivity contribution in [3.05, 3.63) is 53.6 Å². The summed E-state index contributed by atoms with van der Waals surface area (Å²) in [7, 11) is 0. The summed E-state index contributed by atoms with van der Waals surface area (Å²) in [5.74, 6) is -2.55. The molecule has 2 aromatic carbocycles. The maximum Gasteiger partial charge on any atom is 0.412 e. The van der Waals surface area contributed by atoms with Gasteiger partial charge in [-0.25, -0.2) is 14.4 Å². The Kier molecular flexibility index (Phi) is 6.09. The van der Waals surface area contributed by atoms with Crippen LogP contribution in [0, 0.1) is 0 Å². The molecule has 146 valence electrons. The highest BCUT2D eigenvalue weighted by atomic mass is 16.6. The third-order valence-electron chi connectivity index (χ3n) is 3.18. The van der Waals surface area contributed by atoms with E-state index in [0.29, 0.717) is 11.4 Å². The summed E-state index contributed by atoms with van der Waals surface area (Å²) in [5.41, 5.74) is -0.202. The van der Waals surface area contributed by atoms with Gasteiger partial charge in [0, 0.05) is 5.69 Å². The summed E-state index contributed by atoms with van der Waals surface area (Å²) >= 11 is 0. The summed E-state index contributed by atoms with van der Waals surface area (Å²) in [6.07, 6.45) is -0.623. The Balaban J connectivity index is 2.22. The van der Waals surface area contributed by atoms with Crippen molar-refractivity contribution in [2.24, 2.45) is 10.2 Å². The minimum absolute atomic E-state index is 0.0720. The topological polar surface area (TPSA) is 138 Å². The average Bonchev–Trinajstić information content (AvgIpc) is 2.58. The highest BCUT2D eigenvalue weighted by molar-refractivity contribution is 5.95. The molecule has 1 amide bonds. The summed E-state index contributed by atoms with van der Waals surface area (Å²) in [6.45, 7) is 5.23. The first-order valence-corrected chi connectivity index (χ1v) is 8.17. The number of carboxylic acids is 2. The highest BCUT2D eigenvalue weighted by Crippen LogP contribution is 2.24. The quantitative estimate of drug-likeness (QED) is 0.629. The van der Waals surface area contributed by atoms with Crippen molar-refractivity contribution in [1.29, 1.82) is 0 Å². The maximum absolute atomic E-state index is 11.8. The van der Waals surface area contributed by atoms with E-state index in [1.54, 1.807) is 39.0 Å². The fourth-order valence-corrected chi connectivity index (χ4v) is 2.10. The Labute approximate surface area is 160 Å². The number of hydrogen-bond donors (Lipinski definition) is 3. The predicted molar refractivity (Wildman–Crippen MR) is 101 cm³/mol. The van der Waals surface area contributed by atoms with Crippen molar-refractivity contribution >= 4 is 35.1 Å². The number of nitrogens with one attached hydrogen (secondary N) is 1. The molecule has 2 rings (SSSR count). The number of ether oxygens (including phenoxy) is 1. The van der Waals surface area contributed by atoms with Crippen LogP contribution in [0.5, 0.6) is 0 Å². The highest BCUT2D eigenvalue weighted by Gasteiger charge is 2.16. The van der Waals surface area contributed by atoms with Gasteiger partial charge in [0.1, 0.15) is 5.60 Å². The lowest BCUT2D eigenvalue weighted by Crippen LogP contribution is -2.27. The molecule has 0 radical (unpaired) electrons. The second-order valence-electron chi connectivity index (χ2n) is 6.76. The first-order chi connectivity index (χ1) is 13.0. The molecule has 9 heteroatoms. The predicted octanol–water partition coefficient (Wildman–Crippen LogP) is 4.85. The number of amides is 1. The fraction of sp³-hybridized carbons (Fsp3) is 0.211. The number of benzene rings is 2. The zero-order valence-electron chi connectivity index (χ0n) is 15.5. The van der Waals surface area contributed by atoms with Crippen LogP contribution >= 0.6 is 0 Å². The first-order valence-electron chi connectivity index (χ1n) is 8.17. The van der Waals surface area contributed by atoms with Crippen LogP contribution in [-0.2, 0) is 4.74 Å². The van der Waals surface area contributed by atoms with Crippen LogP contribution in [-0.4, -0.2) is 33.8 Å². The summed E-state index contributed by atoms with van der Waals surface area (Å²) in [4.78, 5) is 34.1. The zero-order chi connectivity index (χ0) is 20.9. The summed E-state index contributed by atoms with van der Waals surface area (Å²) in [6, 6.07) is 9.88. The van der Waals surface area contributed by atoms with Gasteiger partial charge in [-0.05, 0) is 57.2 Å². The van der Waals surface area contributed by atoms with Gasteiger partial charge in [-0.2, -0.15) is 10.2 Å². The van der Waals surface area contributed by atoms with E-state index >= 15 is 0 Å². The number of rotatable bonds is 5. The van der Waals surface area contributed by atoms with Crippen LogP contribution < -0.4 is 5.32 Å². The molecule has 0 fully saturated rings. The molecule has 0 unspecified atom stereocenters. The van der Waals surface area contributed by atoms with Gasteiger partial charge in [-0.1, -0.05) is 6.07 Å². The number of hydrogen-bond acceptors (Lipinski definition) is 6. The van der Waals surface area contributed by atoms with Gasteiger partial charge in [-0.3, -0.25) is 5.32 Å². The fourth-order valence-electron chi connectivity index (χ4n) is 2.10. The first kappa shape index (κ1) is 20.6. The maximum atomic E-state index is 11.8. The minimum Gasteiger partial charge on any atom is -0.478 e. The second-order valence-corrected chi connectivity index (χ2v) is 6.76. The Hall–Kier alpha value is -3.75. The number of carbonyl (C=O) groups excluding carboxylic acids is 1. The van der Waals surface area contributed by atoms with Crippen molar-refractivity contribution in [3.63, 3.8) is 0 Å². The number of anilines is 1. The SMILES string of the molecule is CC(C)(C)OC(=O)Nc1cccc(N=Nc2cc(C(=O)O)cc(C(=O)O)c2)c1. The van der Waals surface area contributed by atoms with Crippen LogP contribution in [0.4, 0.5) is 21.9 Å². The van der Waals surface area contributed by atoms with E-state index in [1.807, 2.05) is 0 Å². The molecule has 0 spiro atoms. The average molecular weight is 385 g/mol. The monoisotopic (exact) mass is 385 g/mol. The third kappa shape index (κ3) is 6.20. The van der Waals surface area contributed by atoms with E-state index < -0.39 is 23.6 Å². The lowest BCUT2D eigenvalue weighted by molar-refractivity contribution is 0.0632. The second kappa shape index (κ2) is 8.30. The van der Waals surface area contributed by atoms with E-state index in [-0.39, 0.29) is 16.8 Å². The van der Waals surface area contributed by atoms with Gasteiger partial charge >= 0.3 is 18.0 Å². The van der Waals surface area contributed by atoms with E-state index in [2.05, 4.69) is 15.5 Å². The molecule has 0 aliphatic carbocycles. The third-order valence-corrected chi connectivity index (χ3v) is 3.18. The molecule has 28 heavy (non-hydrogen) atoms. The van der Waals surface area contributed by atoms with Crippen LogP contribution in [0.2, 0.25) is 0 Å². The molecule has 0 aliphatic rings. The summed E-state index contributed by atoms with van der Waals surface area (Å²) in [5, 5.41) is 28.6. The molecule has 9 nitrogen and oxygen atoms in total. The Morgan fingerprint density at radius 3 is 2.00 bits per heavy atom. The Morgan fingerprint density at radius 1 is 0.893 bits per heavy atom. The van der Waals surface area contributed by atoms with Crippen LogP contribution in [0.25, 0.3) is 0 Å². The standard InChI is InChI=1S/C19H19N3O6/c1-19(2,3)28-18(27)20-13-5-4-6-14(10-13)21-22-15-8-11(16(23)24)7-12(9-15)17(25)26/h4-10H,1-3H3,(H,20,27)(H,23,24)(H,25,26). The molecule has 0 aliphatic heterocycles. The molecule has 0 heterocycles. The van der Waals surface area contributed by atoms with E-state index in [4.69, 9.17) is 14.9 Å². The largest absolute Gasteiger partial charge is 0.478 e. The van der Waals surface area contributed by atoms with Gasteiger partial charge in [0.15, 0.2) is 0 Å². The van der Waals surface area contributed by atoms with Gasteiger partial charge in [-0.15, -0.1) is 0 Å². The van der Waals surface area contributed by atoms with Crippen molar-refractivity contribution < 1.29 is 29.3 Å². The van der Waals surface area contributed by atoms with Crippen molar-refractivity contribution in [1.82, 2.24) is 0 Å². The number of carbonyl (C=O) groups is 3. The van der Waals surface area contributed by atoms with E-state index in [1.165, 1.54) is 18.2 Å². The van der Waals surface area contributed by atoms with Crippen molar-refractivity contribution in [3.8, 4) is 0 Å². The molecule has 0 bridgehead atoms. The van der Waals surface area contributed by atoms with Crippen molar-refractivity contribution in [2.45, 2.75) is 26.4 Å². The van der Waals surface area contributed by atoms with Crippen LogP contribution in [0.15, 0.2) is 52.7 Å². The molecular weight excluding hydrogens is 366 g/mol. The number of carboxylic acid groups (broad SMARTS) is 2. The minimum atomic E-state index is -1.27. The van der Waals surface area contributed by atoms with E-state index in [0.717, 1.165) is 6.07 Å². The smallest absolute Gasteiger partial charge is 0.412 e. The van der Waals surface area contributed by atoms with Crippen LogP contribution in [0.3, 0.4) is 0 Å². The van der Waals surface area contributed by atoms with Gasteiger partial charge in [0.2, 0.25) is 0 Å². The summed E-state index contributed by atoms with van der Waals surface area (Å²) < 4.78 is 5.17. The zero-order valence-corrected chi connectivity index (χ0v) is 15.5. The van der Waals surface area contributed by atoms with Gasteiger partial charge < -0.3 is 14.9 Å². The Morgan fingerprint density at radius 2 is 1.46 bits per heavy atom. The molecule has 3 N–H and O–H groups in total. The lowest BCUT2D eigenvalue weighted by atomic mass is 10.1. The molecule has 0 saturated carbocycles.